The molecule has 0 saturated carbocycles. The predicted molar refractivity (Wildman–Crippen MR) is 102 cm³/mol. The van der Waals surface area contributed by atoms with Gasteiger partial charge >= 0.3 is 6.09 Å². The van der Waals surface area contributed by atoms with E-state index < -0.39 is 23.4 Å². The highest BCUT2D eigenvalue weighted by Gasteiger charge is 2.44. The van der Waals surface area contributed by atoms with E-state index in [4.69, 9.17) is 16.3 Å². The van der Waals surface area contributed by atoms with Crippen LogP contribution in [0.2, 0.25) is 5.02 Å². The molecule has 140 valence electrons. The third-order valence-electron chi connectivity index (χ3n) is 4.40. The van der Waals surface area contributed by atoms with E-state index in [1.165, 1.54) is 0 Å². The van der Waals surface area contributed by atoms with Crippen molar-refractivity contribution in [2.75, 3.05) is 11.9 Å². The van der Waals surface area contributed by atoms with Gasteiger partial charge in [0.25, 0.3) is 11.8 Å². The molecule has 1 aliphatic heterocycles. The number of halogens is 1. The van der Waals surface area contributed by atoms with Crippen LogP contribution in [-0.4, -0.2) is 35.0 Å². The van der Waals surface area contributed by atoms with Crippen molar-refractivity contribution in [1.82, 2.24) is 4.90 Å². The molecule has 0 bridgehead atoms. The van der Waals surface area contributed by atoms with Crippen LogP contribution in [0.15, 0.2) is 42.5 Å². The molecule has 0 radical (unpaired) electrons. The van der Waals surface area contributed by atoms with Gasteiger partial charge in [-0.3, -0.25) is 19.8 Å². The average Bonchev–Trinajstić information content (AvgIpc) is 2.88. The summed E-state index contributed by atoms with van der Waals surface area (Å²) in [4.78, 5) is 38.5. The van der Waals surface area contributed by atoms with E-state index in [2.05, 4.69) is 5.32 Å². The summed E-state index contributed by atoms with van der Waals surface area (Å²) >= 11 is 6.09. The Labute approximate surface area is 162 Å². The first kappa shape index (κ1) is 18.9. The fraction of sp³-hybridized carbons (Fsp3) is 0.250. The molecule has 2 aromatic rings. The third-order valence-corrected chi connectivity index (χ3v) is 4.72. The molecule has 1 aliphatic rings. The Morgan fingerprint density at radius 2 is 1.67 bits per heavy atom. The molecule has 0 unspecified atom stereocenters. The molecule has 2 aromatic carbocycles. The lowest BCUT2D eigenvalue weighted by Gasteiger charge is -2.33. The lowest BCUT2D eigenvalue weighted by molar-refractivity contribution is 0.0319. The van der Waals surface area contributed by atoms with Crippen LogP contribution < -0.4 is 5.32 Å². The number of rotatable bonds is 4. The maximum Gasteiger partial charge on any atom is 0.411 e. The Bertz CT molecular complexity index is 884. The lowest BCUT2D eigenvalue weighted by Crippen LogP contribution is -2.51. The van der Waals surface area contributed by atoms with Crippen LogP contribution in [0.5, 0.6) is 0 Å². The minimum atomic E-state index is -1.01. The fourth-order valence-electron chi connectivity index (χ4n) is 2.97. The molecular formula is C20H19ClN2O4. The Morgan fingerprint density at radius 1 is 1.07 bits per heavy atom. The zero-order valence-electron chi connectivity index (χ0n) is 15.2. The molecule has 7 heteroatoms. The number of nitrogens with zero attached hydrogens (tertiary/aromatic N) is 1. The number of benzene rings is 2. The number of carbonyl (C=O) groups excluding carboxylic acids is 3. The van der Waals surface area contributed by atoms with E-state index in [9.17, 15) is 14.4 Å². The number of hydrogen-bond donors (Lipinski definition) is 1. The first-order valence-corrected chi connectivity index (χ1v) is 8.77. The highest BCUT2D eigenvalue weighted by molar-refractivity contribution is 6.33. The number of hydrogen-bond acceptors (Lipinski definition) is 4. The zero-order chi connectivity index (χ0) is 19.8. The minimum absolute atomic E-state index is 0.159. The van der Waals surface area contributed by atoms with E-state index in [1.807, 2.05) is 13.0 Å². The van der Waals surface area contributed by atoms with Gasteiger partial charge in [-0.2, -0.15) is 0 Å². The lowest BCUT2D eigenvalue weighted by atomic mass is 10.0. The molecule has 27 heavy (non-hydrogen) atoms. The highest BCUT2D eigenvalue weighted by atomic mass is 35.5. The third kappa shape index (κ3) is 3.53. The van der Waals surface area contributed by atoms with Gasteiger partial charge in [-0.15, -0.1) is 0 Å². The number of ether oxygens (including phenoxy) is 1. The van der Waals surface area contributed by atoms with Crippen molar-refractivity contribution >= 4 is 35.2 Å². The Hall–Kier alpha value is -2.86. The molecule has 1 N–H and O–H groups in total. The molecule has 1 heterocycles. The average molecular weight is 387 g/mol. The summed E-state index contributed by atoms with van der Waals surface area (Å²) in [5.41, 5.74) is 0.945. The smallest absolute Gasteiger partial charge is 0.411 e. The van der Waals surface area contributed by atoms with Crippen LogP contribution in [0.3, 0.4) is 0 Å². The number of carbonyl (C=O) groups is 3. The molecular weight excluding hydrogens is 368 g/mol. The maximum absolute atomic E-state index is 12.6. The Kier molecular flexibility index (Phi) is 4.93. The number of aryl methyl sites for hydroxylation is 1. The highest BCUT2D eigenvalue weighted by Crippen LogP contribution is 2.30. The molecule has 3 rings (SSSR count). The van der Waals surface area contributed by atoms with E-state index in [0.29, 0.717) is 21.8 Å². The van der Waals surface area contributed by atoms with E-state index in [1.54, 1.807) is 50.2 Å². The van der Waals surface area contributed by atoms with E-state index in [-0.39, 0.29) is 6.61 Å². The van der Waals surface area contributed by atoms with Gasteiger partial charge in [0, 0.05) is 0 Å². The van der Waals surface area contributed by atoms with Crippen LogP contribution in [0.4, 0.5) is 10.5 Å². The summed E-state index contributed by atoms with van der Waals surface area (Å²) in [6.45, 7) is 4.99. The van der Waals surface area contributed by atoms with Crippen LogP contribution in [-0.2, 0) is 4.74 Å². The predicted octanol–water partition coefficient (Wildman–Crippen LogP) is 4.27. The zero-order valence-corrected chi connectivity index (χ0v) is 16.0. The molecule has 0 spiro atoms. The second-order valence-corrected chi connectivity index (χ2v) is 7.34. The molecule has 6 nitrogen and oxygen atoms in total. The first-order chi connectivity index (χ1) is 12.7. The van der Waals surface area contributed by atoms with Crippen molar-refractivity contribution in [2.45, 2.75) is 26.3 Å². The normalized spacial score (nSPS) is 13.6. The molecule has 3 amide bonds. The van der Waals surface area contributed by atoms with E-state index >= 15 is 0 Å². The molecule has 0 aliphatic carbocycles. The summed E-state index contributed by atoms with van der Waals surface area (Å²) in [5.74, 6) is -0.793. The molecule has 0 aromatic heterocycles. The largest absolute Gasteiger partial charge is 0.447 e. The topological polar surface area (TPSA) is 75.7 Å². The van der Waals surface area contributed by atoms with Crippen molar-refractivity contribution in [2.24, 2.45) is 0 Å². The Balaban J connectivity index is 1.70. The van der Waals surface area contributed by atoms with Gasteiger partial charge in [-0.1, -0.05) is 35.9 Å². The van der Waals surface area contributed by atoms with Gasteiger partial charge in [-0.05, 0) is 44.5 Å². The second kappa shape index (κ2) is 7.04. The van der Waals surface area contributed by atoms with Gasteiger partial charge in [0.1, 0.15) is 6.61 Å². The van der Waals surface area contributed by atoms with Gasteiger partial charge in [0.2, 0.25) is 0 Å². The quantitative estimate of drug-likeness (QED) is 0.796. The van der Waals surface area contributed by atoms with E-state index in [0.717, 1.165) is 10.5 Å². The van der Waals surface area contributed by atoms with Crippen LogP contribution >= 0.6 is 11.6 Å². The van der Waals surface area contributed by atoms with Crippen molar-refractivity contribution in [3.8, 4) is 0 Å². The fourth-order valence-corrected chi connectivity index (χ4v) is 3.24. The van der Waals surface area contributed by atoms with Crippen LogP contribution in [0.1, 0.15) is 40.1 Å². The van der Waals surface area contributed by atoms with Gasteiger partial charge in [0.15, 0.2) is 0 Å². The van der Waals surface area contributed by atoms with Gasteiger partial charge < -0.3 is 4.74 Å². The summed E-state index contributed by atoms with van der Waals surface area (Å²) in [6.07, 6.45) is -0.712. The summed E-state index contributed by atoms with van der Waals surface area (Å²) < 4.78 is 5.27. The monoisotopic (exact) mass is 386 g/mol. The molecule has 0 fully saturated rings. The minimum Gasteiger partial charge on any atom is -0.447 e. The van der Waals surface area contributed by atoms with Gasteiger partial charge in [0.05, 0.1) is 27.4 Å². The number of para-hydroxylation sites is 1. The van der Waals surface area contributed by atoms with Crippen molar-refractivity contribution in [3.05, 3.63) is 64.2 Å². The number of amides is 3. The SMILES string of the molecule is Cc1cccc(Cl)c1NC(=O)OCC(C)(C)N1C(=O)c2ccccc2C1=O. The number of nitrogens with one attached hydrogen (secondary N) is 1. The van der Waals surface area contributed by atoms with Gasteiger partial charge in [-0.25, -0.2) is 4.79 Å². The maximum atomic E-state index is 12.6. The first-order valence-electron chi connectivity index (χ1n) is 8.39. The van der Waals surface area contributed by atoms with Crippen LogP contribution in [0, 0.1) is 6.92 Å². The number of imide groups is 1. The van der Waals surface area contributed by atoms with Crippen molar-refractivity contribution < 1.29 is 19.1 Å². The number of anilines is 1. The standard InChI is InChI=1S/C20H19ClN2O4/c1-12-7-6-10-15(21)16(12)22-19(26)27-11-20(2,3)23-17(24)13-8-4-5-9-14(13)18(23)25/h4-10H,11H2,1-3H3,(H,22,26). The summed E-state index contributed by atoms with van der Waals surface area (Å²) in [5, 5.41) is 2.99. The molecule has 0 atom stereocenters. The summed E-state index contributed by atoms with van der Waals surface area (Å²) in [6, 6.07) is 11.9. The van der Waals surface area contributed by atoms with Crippen molar-refractivity contribution in [3.63, 3.8) is 0 Å². The van der Waals surface area contributed by atoms with Crippen LogP contribution in [0.25, 0.3) is 0 Å². The number of fused-ring (bicyclic) bond motifs is 1. The Morgan fingerprint density at radius 3 is 2.22 bits per heavy atom. The van der Waals surface area contributed by atoms with Crippen molar-refractivity contribution in [1.29, 1.82) is 0 Å². The second-order valence-electron chi connectivity index (χ2n) is 6.94. The molecule has 0 saturated heterocycles. The summed E-state index contributed by atoms with van der Waals surface area (Å²) in [7, 11) is 0.